The Morgan fingerprint density at radius 2 is 2.17 bits per heavy atom. The number of fused-ring (bicyclic) bond motifs is 1. The molecule has 1 heterocycles. The van der Waals surface area contributed by atoms with Gasteiger partial charge in [-0.2, -0.15) is 0 Å². The Kier molecular flexibility index (Phi) is 3.63. The Labute approximate surface area is 109 Å². The standard InChI is InChI=1S/C12H13ClO5/c1-2-6-9(10(14)12(15)16)7(13)5-8-11(6)18-4-3-17-8/h5,10,14H,2-4H2,1H3,(H,15,16). The van der Waals surface area contributed by atoms with Crippen molar-refractivity contribution in [2.45, 2.75) is 19.4 Å². The van der Waals surface area contributed by atoms with Crippen LogP contribution in [0.3, 0.4) is 0 Å². The molecule has 0 saturated heterocycles. The monoisotopic (exact) mass is 272 g/mol. The molecule has 6 heteroatoms. The predicted octanol–water partition coefficient (Wildman–Crippen LogP) is 1.79. The van der Waals surface area contributed by atoms with Crippen LogP contribution in [0.5, 0.6) is 11.5 Å². The van der Waals surface area contributed by atoms with Crippen molar-refractivity contribution in [3.05, 3.63) is 22.2 Å². The minimum absolute atomic E-state index is 0.172. The van der Waals surface area contributed by atoms with E-state index in [1.54, 1.807) is 0 Å². The van der Waals surface area contributed by atoms with E-state index in [1.807, 2.05) is 6.92 Å². The van der Waals surface area contributed by atoms with Crippen LogP contribution in [0.15, 0.2) is 6.07 Å². The summed E-state index contributed by atoms with van der Waals surface area (Å²) in [4.78, 5) is 10.9. The number of aliphatic hydroxyl groups is 1. The maximum absolute atomic E-state index is 10.9. The van der Waals surface area contributed by atoms with Crippen LogP contribution in [0, 0.1) is 0 Å². The van der Waals surface area contributed by atoms with Crippen LogP contribution in [0.2, 0.25) is 5.02 Å². The molecule has 1 aromatic carbocycles. The van der Waals surface area contributed by atoms with Crippen LogP contribution in [-0.4, -0.2) is 29.4 Å². The van der Waals surface area contributed by atoms with Crippen molar-refractivity contribution in [3.63, 3.8) is 0 Å². The number of carboxylic acids is 1. The molecule has 98 valence electrons. The maximum atomic E-state index is 10.9. The molecule has 0 saturated carbocycles. The highest BCUT2D eigenvalue weighted by molar-refractivity contribution is 6.32. The molecule has 5 nitrogen and oxygen atoms in total. The number of hydrogen-bond donors (Lipinski definition) is 2. The smallest absolute Gasteiger partial charge is 0.337 e. The van der Waals surface area contributed by atoms with Crippen molar-refractivity contribution in [2.24, 2.45) is 0 Å². The summed E-state index contributed by atoms with van der Waals surface area (Å²) in [5, 5.41) is 18.8. The lowest BCUT2D eigenvalue weighted by atomic mass is 9.98. The predicted molar refractivity (Wildman–Crippen MR) is 64.4 cm³/mol. The highest BCUT2D eigenvalue weighted by Gasteiger charge is 2.28. The number of carboxylic acid groups (broad SMARTS) is 1. The Hall–Kier alpha value is -1.46. The van der Waals surface area contributed by atoms with E-state index in [0.29, 0.717) is 36.7 Å². The lowest BCUT2D eigenvalue weighted by Crippen LogP contribution is -2.20. The summed E-state index contributed by atoms with van der Waals surface area (Å²) in [6.07, 6.45) is -1.17. The molecular weight excluding hydrogens is 260 g/mol. The fraction of sp³-hybridized carbons (Fsp3) is 0.417. The summed E-state index contributed by atoms with van der Waals surface area (Å²) in [6, 6.07) is 1.48. The van der Waals surface area contributed by atoms with Crippen molar-refractivity contribution >= 4 is 17.6 Å². The van der Waals surface area contributed by atoms with Gasteiger partial charge >= 0.3 is 5.97 Å². The highest BCUT2D eigenvalue weighted by Crippen LogP contribution is 2.42. The maximum Gasteiger partial charge on any atom is 0.337 e. The zero-order valence-corrected chi connectivity index (χ0v) is 10.5. The number of rotatable bonds is 3. The minimum Gasteiger partial charge on any atom is -0.486 e. The first-order valence-corrected chi connectivity index (χ1v) is 5.95. The molecular formula is C12H13ClO5. The third-order valence-corrected chi connectivity index (χ3v) is 3.10. The molecule has 1 atom stereocenters. The van der Waals surface area contributed by atoms with E-state index in [9.17, 15) is 9.90 Å². The summed E-state index contributed by atoms with van der Waals surface area (Å²) in [5.41, 5.74) is 0.753. The average Bonchev–Trinajstić information content (AvgIpc) is 2.36. The summed E-state index contributed by atoms with van der Waals surface area (Å²) in [5.74, 6) is -0.379. The van der Waals surface area contributed by atoms with E-state index >= 15 is 0 Å². The van der Waals surface area contributed by atoms with E-state index in [2.05, 4.69) is 0 Å². The van der Waals surface area contributed by atoms with Crippen molar-refractivity contribution in [1.82, 2.24) is 0 Å². The van der Waals surface area contributed by atoms with Crippen LogP contribution in [0.1, 0.15) is 24.2 Å². The summed E-state index contributed by atoms with van der Waals surface area (Å²) in [7, 11) is 0. The van der Waals surface area contributed by atoms with Gasteiger partial charge in [0.2, 0.25) is 0 Å². The van der Waals surface area contributed by atoms with Gasteiger partial charge in [-0.1, -0.05) is 18.5 Å². The van der Waals surface area contributed by atoms with E-state index in [-0.39, 0.29) is 10.6 Å². The topological polar surface area (TPSA) is 76.0 Å². The van der Waals surface area contributed by atoms with Gasteiger partial charge in [-0.05, 0) is 6.42 Å². The van der Waals surface area contributed by atoms with Crippen LogP contribution in [0.4, 0.5) is 0 Å². The molecule has 2 N–H and O–H groups in total. The molecule has 0 radical (unpaired) electrons. The van der Waals surface area contributed by atoms with E-state index in [0.717, 1.165) is 0 Å². The second-order valence-corrected chi connectivity index (χ2v) is 4.28. The largest absolute Gasteiger partial charge is 0.486 e. The zero-order chi connectivity index (χ0) is 13.3. The van der Waals surface area contributed by atoms with Gasteiger partial charge in [0.25, 0.3) is 0 Å². The number of aliphatic carboxylic acids is 1. The van der Waals surface area contributed by atoms with Crippen molar-refractivity contribution in [1.29, 1.82) is 0 Å². The van der Waals surface area contributed by atoms with E-state index < -0.39 is 12.1 Å². The van der Waals surface area contributed by atoms with Gasteiger partial charge in [-0.25, -0.2) is 4.79 Å². The SMILES string of the molecule is CCc1c2c(cc(Cl)c1C(O)C(=O)O)OCCO2. The van der Waals surface area contributed by atoms with E-state index in [1.165, 1.54) is 6.07 Å². The van der Waals surface area contributed by atoms with Crippen molar-refractivity contribution in [2.75, 3.05) is 13.2 Å². The molecule has 0 aromatic heterocycles. The van der Waals surface area contributed by atoms with Crippen LogP contribution < -0.4 is 9.47 Å². The number of hydrogen-bond acceptors (Lipinski definition) is 4. The van der Waals surface area contributed by atoms with E-state index in [4.69, 9.17) is 26.2 Å². The average molecular weight is 273 g/mol. The van der Waals surface area contributed by atoms with Gasteiger partial charge in [0, 0.05) is 17.2 Å². The quantitative estimate of drug-likeness (QED) is 0.877. The third-order valence-electron chi connectivity index (χ3n) is 2.79. The minimum atomic E-state index is -1.66. The van der Waals surface area contributed by atoms with Gasteiger partial charge in [-0.3, -0.25) is 0 Å². The van der Waals surface area contributed by atoms with Gasteiger partial charge in [-0.15, -0.1) is 0 Å². The first-order chi connectivity index (χ1) is 8.56. The zero-order valence-electron chi connectivity index (χ0n) is 9.77. The Morgan fingerprint density at radius 3 is 2.78 bits per heavy atom. The van der Waals surface area contributed by atoms with Gasteiger partial charge in [0.05, 0.1) is 5.02 Å². The number of aliphatic hydroxyl groups excluding tert-OH is 1. The lowest BCUT2D eigenvalue weighted by molar-refractivity contribution is -0.147. The fourth-order valence-electron chi connectivity index (χ4n) is 2.00. The number of carbonyl (C=O) groups is 1. The summed E-state index contributed by atoms with van der Waals surface area (Å²) >= 11 is 6.03. The molecule has 1 aliphatic rings. The Bertz CT molecular complexity index is 486. The number of halogens is 1. The molecule has 0 bridgehead atoms. The first kappa shape index (κ1) is 13.0. The molecule has 2 rings (SSSR count). The molecule has 1 aromatic rings. The van der Waals surface area contributed by atoms with Gasteiger partial charge < -0.3 is 19.7 Å². The molecule has 0 amide bonds. The molecule has 1 unspecified atom stereocenters. The second-order valence-electron chi connectivity index (χ2n) is 3.87. The number of ether oxygens (including phenoxy) is 2. The van der Waals surface area contributed by atoms with Crippen LogP contribution in [0.25, 0.3) is 0 Å². The van der Waals surface area contributed by atoms with Crippen LogP contribution in [-0.2, 0) is 11.2 Å². The first-order valence-electron chi connectivity index (χ1n) is 5.58. The third kappa shape index (κ3) is 2.11. The van der Waals surface area contributed by atoms with Crippen molar-refractivity contribution < 1.29 is 24.5 Å². The number of benzene rings is 1. The van der Waals surface area contributed by atoms with Gasteiger partial charge in [0.1, 0.15) is 13.2 Å². The second kappa shape index (κ2) is 5.04. The molecule has 0 fully saturated rings. The van der Waals surface area contributed by atoms with Gasteiger partial charge in [0.15, 0.2) is 17.6 Å². The highest BCUT2D eigenvalue weighted by atomic mass is 35.5. The molecule has 1 aliphatic heterocycles. The summed E-state index contributed by atoms with van der Waals surface area (Å²) in [6.45, 7) is 2.65. The Morgan fingerprint density at radius 1 is 1.50 bits per heavy atom. The van der Waals surface area contributed by atoms with Crippen molar-refractivity contribution in [3.8, 4) is 11.5 Å². The van der Waals surface area contributed by atoms with Crippen LogP contribution >= 0.6 is 11.6 Å². The summed E-state index contributed by atoms with van der Waals surface area (Å²) < 4.78 is 10.9. The fourth-order valence-corrected chi connectivity index (χ4v) is 2.32. The Balaban J connectivity index is 2.61. The molecule has 18 heavy (non-hydrogen) atoms. The molecule has 0 aliphatic carbocycles. The normalized spacial score (nSPS) is 15.3. The molecule has 0 spiro atoms. The lowest BCUT2D eigenvalue weighted by Gasteiger charge is -2.24.